The molecule has 0 saturated carbocycles. The van der Waals surface area contributed by atoms with Crippen molar-refractivity contribution < 1.29 is 19.1 Å². The number of ether oxygens (including phenoxy) is 1. The molecule has 0 aromatic heterocycles. The van der Waals surface area contributed by atoms with Gasteiger partial charge in [-0.15, -0.1) is 11.8 Å². The van der Waals surface area contributed by atoms with E-state index in [0.717, 1.165) is 16.0 Å². The number of amides is 3. The Balaban J connectivity index is 2.49. The molecule has 1 aromatic rings. The number of thioether (sulfide) groups is 1. The van der Waals surface area contributed by atoms with Crippen LogP contribution in [-0.4, -0.2) is 29.8 Å². The topological polar surface area (TPSA) is 98.5 Å². The summed E-state index contributed by atoms with van der Waals surface area (Å²) in [7, 11) is 0. The molecule has 114 valence electrons. The zero-order valence-electron chi connectivity index (χ0n) is 12.1. The Morgan fingerprint density at radius 3 is 2.62 bits per heavy atom. The lowest BCUT2D eigenvalue weighted by molar-refractivity contribution is -0.151. The monoisotopic (exact) mass is 310 g/mol. The second kappa shape index (κ2) is 7.68. The normalized spacial score (nSPS) is 11.6. The van der Waals surface area contributed by atoms with Crippen molar-refractivity contribution in [2.24, 2.45) is 5.73 Å². The second-order valence-electron chi connectivity index (χ2n) is 4.54. The number of hydrogen-bond acceptors (Lipinski definition) is 5. The lowest BCUT2D eigenvalue weighted by Gasteiger charge is -2.12. The van der Waals surface area contributed by atoms with E-state index in [2.05, 4.69) is 0 Å². The van der Waals surface area contributed by atoms with Crippen LogP contribution in [0.4, 0.5) is 4.79 Å². The van der Waals surface area contributed by atoms with Gasteiger partial charge in [-0.05, 0) is 32.4 Å². The quantitative estimate of drug-likeness (QED) is 0.634. The number of imide groups is 1. The van der Waals surface area contributed by atoms with E-state index < -0.39 is 24.0 Å². The first-order valence-corrected chi connectivity index (χ1v) is 7.28. The van der Waals surface area contributed by atoms with Gasteiger partial charge in [0.15, 0.2) is 6.10 Å². The van der Waals surface area contributed by atoms with Gasteiger partial charge in [-0.25, -0.2) is 4.79 Å². The molecule has 3 N–H and O–H groups in total. The van der Waals surface area contributed by atoms with Crippen molar-refractivity contribution in [2.75, 3.05) is 5.75 Å². The molecule has 0 unspecified atom stereocenters. The predicted octanol–water partition coefficient (Wildman–Crippen LogP) is 1.52. The van der Waals surface area contributed by atoms with Crippen molar-refractivity contribution in [3.05, 3.63) is 29.3 Å². The van der Waals surface area contributed by atoms with Crippen molar-refractivity contribution in [3.63, 3.8) is 0 Å². The lowest BCUT2D eigenvalue weighted by Crippen LogP contribution is -2.42. The maximum Gasteiger partial charge on any atom is 0.318 e. The van der Waals surface area contributed by atoms with Crippen LogP contribution in [0.25, 0.3) is 0 Å². The van der Waals surface area contributed by atoms with Crippen LogP contribution in [0.5, 0.6) is 0 Å². The summed E-state index contributed by atoms with van der Waals surface area (Å²) in [4.78, 5) is 34.6. The van der Waals surface area contributed by atoms with Gasteiger partial charge < -0.3 is 10.5 Å². The summed E-state index contributed by atoms with van der Waals surface area (Å²) in [6, 6.07) is 4.98. The number of hydrogen-bond donors (Lipinski definition) is 2. The van der Waals surface area contributed by atoms with Gasteiger partial charge >= 0.3 is 12.0 Å². The predicted molar refractivity (Wildman–Crippen MR) is 79.9 cm³/mol. The Hall–Kier alpha value is -2.02. The van der Waals surface area contributed by atoms with Crippen LogP contribution in [0.2, 0.25) is 0 Å². The maximum absolute atomic E-state index is 11.7. The summed E-state index contributed by atoms with van der Waals surface area (Å²) in [5.41, 5.74) is 6.98. The molecule has 0 saturated heterocycles. The van der Waals surface area contributed by atoms with Crippen LogP contribution in [0, 0.1) is 13.8 Å². The highest BCUT2D eigenvalue weighted by molar-refractivity contribution is 8.00. The largest absolute Gasteiger partial charge is 0.452 e. The van der Waals surface area contributed by atoms with Gasteiger partial charge in [-0.3, -0.25) is 14.9 Å². The van der Waals surface area contributed by atoms with Crippen molar-refractivity contribution in [2.45, 2.75) is 31.8 Å². The van der Waals surface area contributed by atoms with E-state index in [4.69, 9.17) is 10.5 Å². The maximum atomic E-state index is 11.7. The van der Waals surface area contributed by atoms with E-state index in [1.807, 2.05) is 37.4 Å². The number of rotatable bonds is 5. The molecule has 1 aromatic carbocycles. The highest BCUT2D eigenvalue weighted by Crippen LogP contribution is 2.23. The zero-order valence-corrected chi connectivity index (χ0v) is 13.0. The van der Waals surface area contributed by atoms with Gasteiger partial charge in [0.2, 0.25) is 0 Å². The molecular weight excluding hydrogens is 292 g/mol. The molecule has 0 radical (unpaired) electrons. The summed E-state index contributed by atoms with van der Waals surface area (Å²) in [6.07, 6.45) is -1.07. The Labute approximate surface area is 127 Å². The third-order valence-corrected chi connectivity index (χ3v) is 3.74. The molecule has 21 heavy (non-hydrogen) atoms. The molecule has 7 heteroatoms. The number of carbonyl (C=O) groups excluding carboxylic acids is 3. The Bertz CT molecular complexity index is 560. The average Bonchev–Trinajstić information content (AvgIpc) is 2.39. The van der Waals surface area contributed by atoms with Crippen LogP contribution in [0.1, 0.15) is 18.1 Å². The van der Waals surface area contributed by atoms with Gasteiger partial charge in [-0.2, -0.15) is 0 Å². The van der Waals surface area contributed by atoms with Crippen molar-refractivity contribution >= 4 is 29.7 Å². The fourth-order valence-corrected chi connectivity index (χ4v) is 2.41. The number of primary amides is 1. The first kappa shape index (κ1) is 17.0. The van der Waals surface area contributed by atoms with Crippen LogP contribution in [0.15, 0.2) is 23.1 Å². The Kier molecular flexibility index (Phi) is 6.23. The molecule has 0 aliphatic carbocycles. The molecule has 0 aliphatic heterocycles. The van der Waals surface area contributed by atoms with E-state index in [1.54, 1.807) is 0 Å². The van der Waals surface area contributed by atoms with Crippen molar-refractivity contribution in [1.29, 1.82) is 0 Å². The molecule has 0 bridgehead atoms. The van der Waals surface area contributed by atoms with E-state index in [1.165, 1.54) is 18.7 Å². The SMILES string of the molecule is Cc1ccc(C)c(SCC(=O)O[C@@H](C)C(=O)NC(N)=O)c1. The summed E-state index contributed by atoms with van der Waals surface area (Å²) in [6.45, 7) is 5.30. The molecule has 6 nitrogen and oxygen atoms in total. The molecular formula is C14H18N2O4S. The van der Waals surface area contributed by atoms with E-state index in [9.17, 15) is 14.4 Å². The zero-order chi connectivity index (χ0) is 16.0. The number of nitrogens with two attached hydrogens (primary N) is 1. The minimum absolute atomic E-state index is 0.0818. The number of esters is 1. The molecule has 1 atom stereocenters. The van der Waals surface area contributed by atoms with Crippen LogP contribution < -0.4 is 11.1 Å². The van der Waals surface area contributed by atoms with Gasteiger partial charge in [0.05, 0.1) is 5.75 Å². The first-order chi connectivity index (χ1) is 9.79. The third kappa shape index (κ3) is 5.86. The van der Waals surface area contributed by atoms with E-state index in [0.29, 0.717) is 0 Å². The fraction of sp³-hybridized carbons (Fsp3) is 0.357. The second-order valence-corrected chi connectivity index (χ2v) is 5.56. The van der Waals surface area contributed by atoms with Gasteiger partial charge in [0.1, 0.15) is 0 Å². The van der Waals surface area contributed by atoms with E-state index >= 15 is 0 Å². The molecule has 3 amide bonds. The van der Waals surface area contributed by atoms with Crippen molar-refractivity contribution in [3.8, 4) is 0 Å². The van der Waals surface area contributed by atoms with Crippen molar-refractivity contribution in [1.82, 2.24) is 5.32 Å². The third-order valence-electron chi connectivity index (χ3n) is 2.61. The van der Waals surface area contributed by atoms with E-state index in [-0.39, 0.29) is 5.75 Å². The molecule has 0 fully saturated rings. The molecule has 0 aliphatic rings. The number of aryl methyl sites for hydroxylation is 2. The Morgan fingerprint density at radius 2 is 2.00 bits per heavy atom. The molecule has 0 heterocycles. The number of nitrogens with one attached hydrogen (secondary N) is 1. The highest BCUT2D eigenvalue weighted by atomic mass is 32.2. The summed E-state index contributed by atoms with van der Waals surface area (Å²) >= 11 is 1.34. The van der Waals surface area contributed by atoms with Gasteiger partial charge in [0, 0.05) is 4.90 Å². The highest BCUT2D eigenvalue weighted by Gasteiger charge is 2.19. The number of urea groups is 1. The lowest BCUT2D eigenvalue weighted by atomic mass is 10.2. The minimum Gasteiger partial charge on any atom is -0.452 e. The molecule has 1 rings (SSSR count). The smallest absolute Gasteiger partial charge is 0.318 e. The van der Waals surface area contributed by atoms with Gasteiger partial charge in [0.25, 0.3) is 5.91 Å². The summed E-state index contributed by atoms with van der Waals surface area (Å²) in [5.74, 6) is -1.20. The van der Waals surface area contributed by atoms with Crippen LogP contribution in [0.3, 0.4) is 0 Å². The van der Waals surface area contributed by atoms with Gasteiger partial charge in [-0.1, -0.05) is 17.7 Å². The summed E-state index contributed by atoms with van der Waals surface area (Å²) < 4.78 is 4.93. The average molecular weight is 310 g/mol. The minimum atomic E-state index is -1.07. The van der Waals surface area contributed by atoms with Crippen LogP contribution in [-0.2, 0) is 14.3 Å². The standard InChI is InChI=1S/C14H18N2O4S/c1-8-4-5-9(2)11(6-8)21-7-12(17)20-10(3)13(18)16-14(15)19/h4-6,10H,7H2,1-3H3,(H3,15,16,18,19)/t10-/m0/s1. The fourth-order valence-electron chi connectivity index (χ4n) is 1.51. The Morgan fingerprint density at radius 1 is 1.33 bits per heavy atom. The first-order valence-electron chi connectivity index (χ1n) is 6.29. The number of carbonyl (C=O) groups is 3. The molecule has 0 spiro atoms. The number of benzene rings is 1. The van der Waals surface area contributed by atoms with Crippen LogP contribution >= 0.6 is 11.8 Å². The summed E-state index contributed by atoms with van der Waals surface area (Å²) in [5, 5.41) is 1.85.